The van der Waals surface area contributed by atoms with Crippen molar-refractivity contribution < 1.29 is 0 Å². The standard InChI is InChI=1S/C54H53NS/c1-52(2)26-27-53(3,4)47-34-44(23-24-45(47)52)55(43-21-18-39(19-22-43)37-12-7-5-8-13-37)49-17-11-16-46-51(49)56-50-25-20-40(38-14-9-6-10-15-38)33-48(50)54(46)41-29-35-28-36(31-41)32-42(54)30-35/h5-25,33-36,41-42H,26-32H2,1-4H3. The van der Waals surface area contributed by atoms with Crippen molar-refractivity contribution in [2.75, 3.05) is 4.90 Å². The highest BCUT2D eigenvalue weighted by molar-refractivity contribution is 7.99. The van der Waals surface area contributed by atoms with Gasteiger partial charge < -0.3 is 4.90 Å². The SMILES string of the molecule is CC1(C)CCC(C)(C)c2cc(N(c3ccc(-c4ccccc4)cc3)c3cccc4c3Sc3ccc(-c5ccccc5)cc3C43C4CC5CC(C4)CC3C5)ccc21. The molecule has 1 aliphatic heterocycles. The largest absolute Gasteiger partial charge is 0.309 e. The predicted molar refractivity (Wildman–Crippen MR) is 236 cm³/mol. The average Bonchev–Trinajstić information content (AvgIpc) is 3.22. The van der Waals surface area contributed by atoms with Crippen LogP contribution in [0.2, 0.25) is 0 Å². The maximum absolute atomic E-state index is 2.63. The van der Waals surface area contributed by atoms with Crippen molar-refractivity contribution in [1.82, 2.24) is 0 Å². The molecular weight excluding hydrogens is 695 g/mol. The van der Waals surface area contributed by atoms with E-state index in [1.165, 1.54) is 105 Å². The first kappa shape index (κ1) is 34.7. The molecule has 280 valence electrons. The maximum atomic E-state index is 2.63. The summed E-state index contributed by atoms with van der Waals surface area (Å²) in [5.41, 5.74) is 15.5. The number of nitrogens with zero attached hydrogens (tertiary/aromatic N) is 1. The van der Waals surface area contributed by atoms with Crippen LogP contribution in [0.25, 0.3) is 22.3 Å². The first-order valence-corrected chi connectivity index (χ1v) is 22.1. The number of fused-ring (bicyclic) bond motifs is 3. The molecule has 4 saturated carbocycles. The topological polar surface area (TPSA) is 3.24 Å². The summed E-state index contributed by atoms with van der Waals surface area (Å²) in [5.74, 6) is 3.16. The van der Waals surface area contributed by atoms with Crippen LogP contribution in [0, 0.1) is 23.7 Å². The molecule has 5 aliphatic carbocycles. The lowest BCUT2D eigenvalue weighted by atomic mass is 9.42. The van der Waals surface area contributed by atoms with Gasteiger partial charge in [0.2, 0.25) is 0 Å². The van der Waals surface area contributed by atoms with Crippen LogP contribution in [0.4, 0.5) is 17.1 Å². The summed E-state index contributed by atoms with van der Waals surface area (Å²) in [5, 5.41) is 0. The van der Waals surface area contributed by atoms with Crippen LogP contribution in [0.3, 0.4) is 0 Å². The van der Waals surface area contributed by atoms with Gasteiger partial charge in [-0.05, 0) is 166 Å². The Labute approximate surface area is 338 Å². The van der Waals surface area contributed by atoms with Gasteiger partial charge in [0.15, 0.2) is 0 Å². The Balaban J connectivity index is 1.13. The van der Waals surface area contributed by atoms with Gasteiger partial charge in [-0.15, -0.1) is 0 Å². The van der Waals surface area contributed by atoms with Gasteiger partial charge in [-0.3, -0.25) is 0 Å². The molecule has 0 aromatic heterocycles. The minimum absolute atomic E-state index is 0.0365. The highest BCUT2D eigenvalue weighted by Gasteiger charge is 2.61. The van der Waals surface area contributed by atoms with E-state index >= 15 is 0 Å². The third-order valence-electron chi connectivity index (χ3n) is 15.2. The Hall–Kier alpha value is -4.53. The number of hydrogen-bond acceptors (Lipinski definition) is 2. The van der Waals surface area contributed by atoms with Gasteiger partial charge in [0, 0.05) is 26.6 Å². The quantitative estimate of drug-likeness (QED) is 0.173. The number of hydrogen-bond donors (Lipinski definition) is 0. The van der Waals surface area contributed by atoms with Crippen LogP contribution in [-0.2, 0) is 16.2 Å². The second-order valence-corrected chi connectivity index (χ2v) is 20.3. The second-order valence-electron chi connectivity index (χ2n) is 19.3. The highest BCUT2D eigenvalue weighted by Crippen LogP contribution is 2.70. The van der Waals surface area contributed by atoms with Gasteiger partial charge in [0.25, 0.3) is 0 Å². The summed E-state index contributed by atoms with van der Waals surface area (Å²) in [6.45, 7) is 9.80. The van der Waals surface area contributed by atoms with E-state index in [0.717, 1.165) is 11.8 Å². The highest BCUT2D eigenvalue weighted by atomic mass is 32.2. The van der Waals surface area contributed by atoms with E-state index in [1.54, 1.807) is 11.1 Å². The minimum atomic E-state index is 0.0365. The molecule has 4 fully saturated rings. The fourth-order valence-electron chi connectivity index (χ4n) is 12.5. The number of rotatable bonds is 5. The molecule has 1 spiro atoms. The van der Waals surface area contributed by atoms with Gasteiger partial charge in [0.05, 0.1) is 5.69 Å². The summed E-state index contributed by atoms with van der Waals surface area (Å²) in [6.07, 6.45) is 9.37. The van der Waals surface area contributed by atoms with Crippen molar-refractivity contribution in [2.24, 2.45) is 23.7 Å². The van der Waals surface area contributed by atoms with E-state index < -0.39 is 0 Å². The summed E-state index contributed by atoms with van der Waals surface area (Å²) in [6, 6.07) is 53.6. The summed E-state index contributed by atoms with van der Waals surface area (Å²) < 4.78 is 0. The lowest BCUT2D eigenvalue weighted by Gasteiger charge is -2.63. The van der Waals surface area contributed by atoms with Gasteiger partial charge >= 0.3 is 0 Å². The lowest BCUT2D eigenvalue weighted by molar-refractivity contribution is -0.0443. The Morgan fingerprint density at radius 1 is 0.464 bits per heavy atom. The van der Waals surface area contributed by atoms with E-state index in [2.05, 4.69) is 172 Å². The minimum Gasteiger partial charge on any atom is -0.309 e. The number of anilines is 3. The summed E-state index contributed by atoms with van der Waals surface area (Å²) in [4.78, 5) is 5.54. The average molecular weight is 748 g/mol. The Morgan fingerprint density at radius 2 is 1.04 bits per heavy atom. The molecule has 12 rings (SSSR count). The Bertz CT molecular complexity index is 2430. The molecule has 0 N–H and O–H groups in total. The molecule has 6 aliphatic rings. The zero-order valence-corrected chi connectivity index (χ0v) is 34.2. The molecule has 2 heteroatoms. The van der Waals surface area contributed by atoms with Crippen LogP contribution in [-0.4, -0.2) is 0 Å². The van der Waals surface area contributed by atoms with Crippen molar-refractivity contribution in [1.29, 1.82) is 0 Å². The van der Waals surface area contributed by atoms with Gasteiger partial charge in [0.1, 0.15) is 0 Å². The first-order chi connectivity index (χ1) is 27.2. The molecule has 0 amide bonds. The number of benzene rings is 6. The van der Waals surface area contributed by atoms with Crippen molar-refractivity contribution in [3.63, 3.8) is 0 Å². The molecule has 6 aromatic carbocycles. The molecule has 1 heterocycles. The van der Waals surface area contributed by atoms with Crippen LogP contribution in [0.15, 0.2) is 149 Å². The zero-order chi connectivity index (χ0) is 37.8. The Morgan fingerprint density at radius 3 is 1.70 bits per heavy atom. The van der Waals surface area contributed by atoms with E-state index in [1.807, 2.05) is 11.8 Å². The van der Waals surface area contributed by atoms with E-state index in [0.29, 0.717) is 11.8 Å². The molecule has 0 unspecified atom stereocenters. The Kier molecular flexibility index (Phi) is 7.89. The van der Waals surface area contributed by atoms with Crippen molar-refractivity contribution >= 4 is 28.8 Å². The fraction of sp³-hybridized carbons (Fsp3) is 0.333. The summed E-state index contributed by atoms with van der Waals surface area (Å²) >= 11 is 2.04. The van der Waals surface area contributed by atoms with Crippen molar-refractivity contribution in [3.8, 4) is 22.3 Å². The lowest BCUT2D eigenvalue weighted by Crippen LogP contribution is -2.57. The normalized spacial score (nSPS) is 26.0. The predicted octanol–water partition coefficient (Wildman–Crippen LogP) is 15.0. The van der Waals surface area contributed by atoms with Crippen molar-refractivity contribution in [2.45, 2.75) is 98.7 Å². The van der Waals surface area contributed by atoms with Crippen molar-refractivity contribution in [3.05, 3.63) is 162 Å². The maximum Gasteiger partial charge on any atom is 0.0604 e. The zero-order valence-electron chi connectivity index (χ0n) is 33.4. The smallest absolute Gasteiger partial charge is 0.0604 e. The van der Waals surface area contributed by atoms with Crippen LogP contribution in [0.5, 0.6) is 0 Å². The summed E-state index contributed by atoms with van der Waals surface area (Å²) in [7, 11) is 0. The fourth-order valence-corrected chi connectivity index (χ4v) is 13.8. The van der Waals surface area contributed by atoms with E-state index in [-0.39, 0.29) is 16.2 Å². The van der Waals surface area contributed by atoms with Gasteiger partial charge in [-0.2, -0.15) is 0 Å². The molecule has 0 saturated heterocycles. The molecule has 56 heavy (non-hydrogen) atoms. The van der Waals surface area contributed by atoms with Gasteiger partial charge in [-0.25, -0.2) is 0 Å². The first-order valence-electron chi connectivity index (χ1n) is 21.3. The molecular formula is C54H53NS. The monoisotopic (exact) mass is 747 g/mol. The molecule has 1 nitrogen and oxygen atoms in total. The van der Waals surface area contributed by atoms with Gasteiger partial charge in [-0.1, -0.05) is 137 Å². The van der Waals surface area contributed by atoms with Crippen LogP contribution >= 0.6 is 11.8 Å². The van der Waals surface area contributed by atoms with E-state index in [9.17, 15) is 0 Å². The van der Waals surface area contributed by atoms with E-state index in [4.69, 9.17) is 0 Å². The van der Waals surface area contributed by atoms with Crippen LogP contribution in [0.1, 0.15) is 94.9 Å². The third-order valence-corrected chi connectivity index (χ3v) is 16.4. The molecule has 0 atom stereocenters. The van der Waals surface area contributed by atoms with Crippen LogP contribution < -0.4 is 4.90 Å². The molecule has 4 bridgehead atoms. The second kappa shape index (κ2) is 12.7. The molecule has 6 aromatic rings. The molecule has 0 radical (unpaired) electrons. The third kappa shape index (κ3) is 5.27.